The van der Waals surface area contributed by atoms with Crippen LogP contribution in [0.15, 0.2) is 48.7 Å². The van der Waals surface area contributed by atoms with E-state index in [0.717, 1.165) is 44.1 Å². The molecule has 2 aromatic carbocycles. The van der Waals surface area contributed by atoms with Gasteiger partial charge in [0.15, 0.2) is 0 Å². The topological polar surface area (TPSA) is 76.9 Å². The summed E-state index contributed by atoms with van der Waals surface area (Å²) in [6, 6.07) is 8.78. The van der Waals surface area contributed by atoms with Crippen LogP contribution < -0.4 is 10.6 Å². The van der Waals surface area contributed by atoms with E-state index in [9.17, 15) is 26.3 Å². The van der Waals surface area contributed by atoms with E-state index in [1.165, 1.54) is 45.0 Å². The van der Waals surface area contributed by atoms with E-state index < -0.39 is 29.2 Å². The van der Waals surface area contributed by atoms with Crippen LogP contribution in [0, 0.1) is 5.41 Å². The van der Waals surface area contributed by atoms with E-state index >= 15 is 0 Å². The van der Waals surface area contributed by atoms with Crippen molar-refractivity contribution in [2.45, 2.75) is 103 Å². The third-order valence-electron chi connectivity index (χ3n) is 8.25. The van der Waals surface area contributed by atoms with Crippen molar-refractivity contribution in [1.29, 1.82) is 5.41 Å². The number of benzene rings is 2. The van der Waals surface area contributed by atoms with Gasteiger partial charge in [0.2, 0.25) is 5.95 Å². The van der Waals surface area contributed by atoms with Crippen LogP contribution in [0.2, 0.25) is 0 Å². The Kier molecular flexibility index (Phi) is 14.7. The Bertz CT molecular complexity index is 1400. The summed E-state index contributed by atoms with van der Waals surface area (Å²) >= 11 is 0. The Balaban J connectivity index is 0.000000542. The van der Waals surface area contributed by atoms with E-state index in [0.29, 0.717) is 29.1 Å². The average molecular weight is 679 g/mol. The predicted octanol–water partition coefficient (Wildman–Crippen LogP) is 10.5. The molecule has 0 aliphatic heterocycles. The van der Waals surface area contributed by atoms with Crippen LogP contribution in [0.1, 0.15) is 106 Å². The molecule has 1 aliphatic carbocycles. The zero-order valence-corrected chi connectivity index (χ0v) is 28.3. The van der Waals surface area contributed by atoms with Crippen molar-refractivity contribution >= 4 is 23.2 Å². The first-order valence-corrected chi connectivity index (χ1v) is 16.8. The first kappa shape index (κ1) is 38.8. The fourth-order valence-electron chi connectivity index (χ4n) is 5.52. The van der Waals surface area contributed by atoms with Crippen molar-refractivity contribution in [2.75, 3.05) is 30.8 Å². The van der Waals surface area contributed by atoms with Crippen molar-refractivity contribution in [1.82, 2.24) is 14.9 Å². The lowest BCUT2D eigenvalue weighted by molar-refractivity contribution is -0.143. The molecular weight excluding hydrogens is 630 g/mol. The summed E-state index contributed by atoms with van der Waals surface area (Å²) in [6.07, 6.45) is 2.53. The lowest BCUT2D eigenvalue weighted by Gasteiger charge is -2.25. The fraction of sp³-hybridized carbons (Fsp3) is 0.528. The molecule has 1 fully saturated rings. The summed E-state index contributed by atoms with van der Waals surface area (Å²) in [7, 11) is 2.21. The molecule has 0 bridgehead atoms. The van der Waals surface area contributed by atoms with Crippen LogP contribution in [0.5, 0.6) is 0 Å². The van der Waals surface area contributed by atoms with Gasteiger partial charge in [-0.05, 0) is 76.0 Å². The summed E-state index contributed by atoms with van der Waals surface area (Å²) in [5.41, 5.74) is -1.06. The van der Waals surface area contributed by atoms with Crippen LogP contribution in [0.4, 0.5) is 43.8 Å². The highest BCUT2D eigenvalue weighted by molar-refractivity contribution is 6.13. The van der Waals surface area contributed by atoms with Gasteiger partial charge in [-0.1, -0.05) is 77.1 Å². The molecule has 1 heterocycles. The van der Waals surface area contributed by atoms with Gasteiger partial charge in [-0.15, -0.1) is 0 Å². The third-order valence-corrected chi connectivity index (χ3v) is 8.25. The minimum absolute atomic E-state index is 0.0658. The monoisotopic (exact) mass is 678 g/mol. The van der Waals surface area contributed by atoms with Crippen molar-refractivity contribution in [3.63, 3.8) is 0 Å². The number of anilines is 3. The fourth-order valence-corrected chi connectivity index (χ4v) is 5.52. The number of alkyl halides is 6. The van der Waals surface area contributed by atoms with Gasteiger partial charge in [0, 0.05) is 23.5 Å². The maximum absolute atomic E-state index is 13.3. The number of aromatic nitrogens is 2. The average Bonchev–Trinajstić information content (AvgIpc) is 3.05. The number of aryl methyl sites for hydroxylation is 1. The Morgan fingerprint density at radius 1 is 0.854 bits per heavy atom. The third kappa shape index (κ3) is 12.1. The zero-order chi connectivity index (χ0) is 35.3. The largest absolute Gasteiger partial charge is 0.416 e. The smallest absolute Gasteiger partial charge is 0.367 e. The number of halogens is 6. The Morgan fingerprint density at radius 3 is 2.02 bits per heavy atom. The van der Waals surface area contributed by atoms with Gasteiger partial charge >= 0.3 is 12.4 Å². The molecule has 1 saturated carbocycles. The molecule has 3 N–H and O–H groups in total. The normalized spacial score (nSPS) is 14.0. The highest BCUT2D eigenvalue weighted by atomic mass is 19.4. The van der Waals surface area contributed by atoms with Crippen LogP contribution in [0.3, 0.4) is 0 Å². The Hall–Kier alpha value is -3.67. The zero-order valence-electron chi connectivity index (χ0n) is 28.3. The summed E-state index contributed by atoms with van der Waals surface area (Å²) in [4.78, 5) is 10.9. The van der Waals surface area contributed by atoms with Gasteiger partial charge in [0.1, 0.15) is 5.82 Å². The van der Waals surface area contributed by atoms with Crippen LogP contribution in [-0.4, -0.2) is 46.8 Å². The van der Waals surface area contributed by atoms with Gasteiger partial charge in [0.05, 0.1) is 22.4 Å². The Morgan fingerprint density at radius 2 is 1.48 bits per heavy atom. The molecule has 1 aliphatic rings. The summed E-state index contributed by atoms with van der Waals surface area (Å²) in [5.74, 6) is 0.107. The molecule has 264 valence electrons. The van der Waals surface area contributed by atoms with E-state index in [1.807, 2.05) is 31.2 Å². The second kappa shape index (κ2) is 18.2. The van der Waals surface area contributed by atoms with Gasteiger partial charge in [-0.2, -0.15) is 31.3 Å². The maximum Gasteiger partial charge on any atom is 0.416 e. The standard InChI is InChI=1S/C27H27F6N5.C9H21N/c1-2-16-8-10-17(11-9-16)23(34)22-15-35-25(38-24(22)36-20-6-4-3-5-7-20)37-21-13-18(26(28,29)30)12-19(14-21)27(31,32)33;1-4-6-7-9-10(3)8-5-2/h8-15,20,34H,2-7H2,1H3,(H2,35,36,37,38);4-9H2,1-3H3. The number of hydrogen-bond donors (Lipinski definition) is 3. The highest BCUT2D eigenvalue weighted by Gasteiger charge is 2.37. The second-order valence-corrected chi connectivity index (χ2v) is 12.3. The maximum atomic E-state index is 13.3. The molecule has 48 heavy (non-hydrogen) atoms. The number of nitrogens with one attached hydrogen (secondary N) is 3. The minimum Gasteiger partial charge on any atom is -0.367 e. The summed E-state index contributed by atoms with van der Waals surface area (Å²) in [5, 5.41) is 14.6. The summed E-state index contributed by atoms with van der Waals surface area (Å²) in [6.45, 7) is 9.04. The van der Waals surface area contributed by atoms with Gasteiger partial charge in [0.25, 0.3) is 0 Å². The summed E-state index contributed by atoms with van der Waals surface area (Å²) < 4.78 is 79.7. The van der Waals surface area contributed by atoms with Crippen molar-refractivity contribution in [3.8, 4) is 0 Å². The van der Waals surface area contributed by atoms with E-state index in [2.05, 4.69) is 46.4 Å². The second-order valence-electron chi connectivity index (χ2n) is 12.3. The van der Waals surface area contributed by atoms with Crippen LogP contribution >= 0.6 is 0 Å². The number of rotatable bonds is 13. The van der Waals surface area contributed by atoms with Crippen molar-refractivity contribution < 1.29 is 26.3 Å². The quantitative estimate of drug-likeness (QED) is 0.0953. The molecule has 3 aromatic rings. The lowest BCUT2D eigenvalue weighted by Crippen LogP contribution is -2.25. The molecule has 0 unspecified atom stereocenters. The Labute approximate surface area is 280 Å². The molecular formula is C36H48F6N6. The molecule has 0 amide bonds. The van der Waals surface area contributed by atoms with Crippen LogP contribution in [-0.2, 0) is 18.8 Å². The van der Waals surface area contributed by atoms with E-state index in [-0.39, 0.29) is 23.8 Å². The lowest BCUT2D eigenvalue weighted by atomic mass is 9.95. The predicted molar refractivity (Wildman–Crippen MR) is 181 cm³/mol. The number of nitrogens with zero attached hydrogens (tertiary/aromatic N) is 3. The van der Waals surface area contributed by atoms with Gasteiger partial charge < -0.3 is 15.5 Å². The minimum atomic E-state index is -4.97. The molecule has 0 atom stereocenters. The van der Waals surface area contributed by atoms with Gasteiger partial charge in [-0.3, -0.25) is 5.41 Å². The molecule has 4 rings (SSSR count). The van der Waals surface area contributed by atoms with Crippen LogP contribution in [0.25, 0.3) is 0 Å². The molecule has 6 nitrogen and oxygen atoms in total. The van der Waals surface area contributed by atoms with E-state index in [1.54, 1.807) is 0 Å². The first-order valence-electron chi connectivity index (χ1n) is 16.8. The van der Waals surface area contributed by atoms with E-state index in [4.69, 9.17) is 5.41 Å². The highest BCUT2D eigenvalue weighted by Crippen LogP contribution is 2.38. The molecule has 1 aromatic heterocycles. The van der Waals surface area contributed by atoms with Crippen molar-refractivity contribution in [3.05, 3.63) is 76.5 Å². The first-order chi connectivity index (χ1) is 22.7. The molecule has 12 heteroatoms. The molecule has 0 spiro atoms. The molecule has 0 saturated heterocycles. The molecule has 0 radical (unpaired) electrons. The van der Waals surface area contributed by atoms with Gasteiger partial charge in [-0.25, -0.2) is 4.98 Å². The van der Waals surface area contributed by atoms with Crippen molar-refractivity contribution in [2.24, 2.45) is 0 Å². The SMILES string of the molecule is CCCCCN(C)CCC.CCc1ccc(C(=N)c2cnc(Nc3cc(C(F)(F)F)cc(C(F)(F)F)c3)nc2NC2CCCCC2)cc1. The number of hydrogen-bond acceptors (Lipinski definition) is 6. The number of unbranched alkanes of at least 4 members (excludes halogenated alkanes) is 2.